The number of ether oxygens (including phenoxy) is 2. The summed E-state index contributed by atoms with van der Waals surface area (Å²) in [5.74, 6) is 4.11. The molecule has 4 aromatic rings. The van der Waals surface area contributed by atoms with Crippen molar-refractivity contribution in [1.29, 1.82) is 0 Å². The molecule has 47 heavy (non-hydrogen) atoms. The van der Waals surface area contributed by atoms with Crippen molar-refractivity contribution < 1.29 is 23.8 Å². The van der Waals surface area contributed by atoms with Crippen LogP contribution in [0.2, 0.25) is 16.6 Å². The van der Waals surface area contributed by atoms with Gasteiger partial charge in [-0.15, -0.1) is 5.54 Å². The molecule has 2 atom stereocenters. The van der Waals surface area contributed by atoms with Crippen LogP contribution in [0.5, 0.6) is 5.75 Å². The second-order valence-corrected chi connectivity index (χ2v) is 19.1. The Hall–Kier alpha value is -4.27. The fourth-order valence-corrected chi connectivity index (χ4v) is 13.2. The highest BCUT2D eigenvalue weighted by Gasteiger charge is 2.50. The number of aromatic nitrogens is 3. The monoisotopic (exact) mass is 655 g/mol. The van der Waals surface area contributed by atoms with Crippen molar-refractivity contribution in [3.05, 3.63) is 54.2 Å². The zero-order valence-electron chi connectivity index (χ0n) is 28.0. The van der Waals surface area contributed by atoms with E-state index in [1.807, 2.05) is 29.2 Å². The Labute approximate surface area is 276 Å². The Morgan fingerprint density at radius 2 is 1.83 bits per heavy atom. The maximum Gasteiger partial charge on any atom is 0.407 e. The van der Waals surface area contributed by atoms with Gasteiger partial charge in [-0.1, -0.05) is 59.6 Å². The summed E-state index contributed by atoms with van der Waals surface area (Å²) in [5.41, 5.74) is 6.89. The van der Waals surface area contributed by atoms with E-state index in [-0.39, 0.29) is 30.1 Å². The number of benzene rings is 2. The molecule has 0 spiro atoms. The van der Waals surface area contributed by atoms with Crippen molar-refractivity contribution in [3.8, 4) is 28.5 Å². The van der Waals surface area contributed by atoms with Gasteiger partial charge in [-0.25, -0.2) is 19.2 Å². The van der Waals surface area contributed by atoms with E-state index in [2.05, 4.69) is 63.0 Å². The van der Waals surface area contributed by atoms with Crippen LogP contribution in [0, 0.1) is 17.3 Å². The predicted octanol–water partition coefficient (Wildman–Crippen LogP) is 7.48. The number of fused-ring (bicyclic) bond motifs is 3. The van der Waals surface area contributed by atoms with Crippen LogP contribution >= 0.6 is 0 Å². The van der Waals surface area contributed by atoms with Crippen LogP contribution in [0.3, 0.4) is 0 Å². The summed E-state index contributed by atoms with van der Waals surface area (Å²) in [6.07, 6.45) is 2.76. The molecule has 0 saturated carbocycles. The molecule has 2 aliphatic heterocycles. The Balaban J connectivity index is 1.51. The van der Waals surface area contributed by atoms with E-state index in [1.165, 1.54) is 11.2 Å². The van der Waals surface area contributed by atoms with Crippen LogP contribution in [-0.2, 0) is 4.74 Å². The number of methoxy groups -OCH3 is 1. The van der Waals surface area contributed by atoms with E-state index < -0.39 is 20.0 Å². The number of pyridine rings is 1. The van der Waals surface area contributed by atoms with Crippen LogP contribution in [0.1, 0.15) is 53.5 Å². The maximum atomic E-state index is 16.7. The fourth-order valence-electron chi connectivity index (χ4n) is 8.01. The lowest BCUT2D eigenvalue weighted by Crippen LogP contribution is -2.63. The molecule has 1 amide bonds. The second-order valence-electron chi connectivity index (χ2n) is 13.5. The molecule has 246 valence electrons. The lowest BCUT2D eigenvalue weighted by molar-refractivity contribution is 0.0512. The lowest BCUT2D eigenvalue weighted by atomic mass is 9.95. The summed E-state index contributed by atoms with van der Waals surface area (Å²) >= 11 is 0. The number of nitrogens with zero attached hydrogens (tertiary/aromatic N) is 5. The topological polar surface area (TPSA) is 101 Å². The highest BCUT2D eigenvalue weighted by Crippen LogP contribution is 2.43. The first-order valence-corrected chi connectivity index (χ1v) is 18.5. The molecule has 1 N–H and O–H groups in total. The van der Waals surface area contributed by atoms with Crippen LogP contribution in [0.15, 0.2) is 42.9 Å². The third-order valence-electron chi connectivity index (χ3n) is 10.2. The van der Waals surface area contributed by atoms with Crippen molar-refractivity contribution in [2.75, 3.05) is 31.9 Å². The number of amides is 1. The minimum Gasteiger partial charge on any atom is -0.468 e. The average Bonchev–Trinajstić information content (AvgIpc) is 3.36. The maximum absolute atomic E-state index is 16.7. The Kier molecular flexibility index (Phi) is 8.85. The first-order chi connectivity index (χ1) is 22.5. The summed E-state index contributed by atoms with van der Waals surface area (Å²) in [6, 6.07) is 9.55. The number of carboxylic acid groups (broad SMARTS) is 1. The first-order valence-electron chi connectivity index (χ1n) is 16.3. The number of likely N-dealkylation sites (tertiary alicyclic amines) is 1. The van der Waals surface area contributed by atoms with Crippen molar-refractivity contribution >= 4 is 41.7 Å². The molecule has 2 fully saturated rings. The molecule has 0 aliphatic carbocycles. The molecule has 2 aromatic carbocycles. The van der Waals surface area contributed by atoms with Gasteiger partial charge in [0.1, 0.15) is 37.2 Å². The Morgan fingerprint density at radius 3 is 2.51 bits per heavy atom. The Bertz CT molecular complexity index is 1880. The first kappa shape index (κ1) is 32.7. The molecular weight excluding hydrogens is 614 g/mol. The molecule has 4 heterocycles. The van der Waals surface area contributed by atoms with E-state index in [9.17, 15) is 9.90 Å². The zero-order chi connectivity index (χ0) is 33.6. The summed E-state index contributed by atoms with van der Waals surface area (Å²) in [4.78, 5) is 28.7. The Morgan fingerprint density at radius 1 is 1.09 bits per heavy atom. The van der Waals surface area contributed by atoms with Crippen molar-refractivity contribution in [3.63, 3.8) is 0 Å². The number of hydrogen-bond donors (Lipinski definition) is 1. The molecular formula is C36H42FN5O4Si. The zero-order valence-corrected chi connectivity index (χ0v) is 29.0. The van der Waals surface area contributed by atoms with Gasteiger partial charge in [0.2, 0.25) is 0 Å². The quantitative estimate of drug-likeness (QED) is 0.119. The molecule has 0 bridgehead atoms. The molecule has 2 aromatic heterocycles. The predicted molar refractivity (Wildman–Crippen MR) is 185 cm³/mol. The van der Waals surface area contributed by atoms with E-state index in [4.69, 9.17) is 14.5 Å². The van der Waals surface area contributed by atoms with Crippen LogP contribution in [-0.4, -0.2) is 78.2 Å². The summed E-state index contributed by atoms with van der Waals surface area (Å²) in [5, 5.41) is 11.7. The average molecular weight is 656 g/mol. The third kappa shape index (κ3) is 5.47. The largest absolute Gasteiger partial charge is 0.468 e. The molecule has 0 unspecified atom stereocenters. The van der Waals surface area contributed by atoms with Gasteiger partial charge in [-0.3, -0.25) is 4.98 Å². The van der Waals surface area contributed by atoms with Gasteiger partial charge in [-0.2, -0.15) is 0 Å². The van der Waals surface area contributed by atoms with Crippen molar-refractivity contribution in [2.45, 2.75) is 76.7 Å². The SMILES string of the molecule is COCOc1cc(-c2ncc3c(N4C[C@@H]5[C@H]4CCN5C(=O)O)ncnc3c2F)c2c(C#C[Si](C(C)C)(C(C)C)C(C)C)cccc2c1. The summed E-state index contributed by atoms with van der Waals surface area (Å²) < 4.78 is 27.8. The molecule has 6 rings (SSSR count). The highest BCUT2D eigenvalue weighted by atomic mass is 28.3. The van der Waals surface area contributed by atoms with Crippen molar-refractivity contribution in [1.82, 2.24) is 19.9 Å². The number of anilines is 1. The molecule has 2 saturated heterocycles. The van der Waals surface area contributed by atoms with Crippen molar-refractivity contribution in [2.24, 2.45) is 0 Å². The minimum absolute atomic E-state index is 0.00943. The molecule has 0 radical (unpaired) electrons. The standard InChI is InChI=1S/C36H42FN5O4Si/c1-21(2)47(22(3)4,23(5)6)14-12-24-9-8-10-25-15-26(46-20-45-7)16-27(31(24)25)33-32(37)34-28(17-38-33)35(40-19-39-34)42-18-30-29(42)11-13-41(30)36(43)44/h8-10,15-17,19,21-23,29-30H,11,13,18,20H2,1-7H3,(H,43,44)/t29-,30-/m1/s1. The van der Waals surface area contributed by atoms with Crippen LogP contribution < -0.4 is 9.64 Å². The van der Waals surface area contributed by atoms with Gasteiger partial charge >= 0.3 is 6.09 Å². The highest BCUT2D eigenvalue weighted by molar-refractivity contribution is 6.90. The smallest absolute Gasteiger partial charge is 0.407 e. The molecule has 2 aliphatic rings. The van der Waals surface area contributed by atoms with E-state index >= 15 is 4.39 Å². The normalized spacial score (nSPS) is 17.8. The van der Waals surface area contributed by atoms with Gasteiger partial charge in [0.05, 0.1) is 17.5 Å². The third-order valence-corrected chi connectivity index (χ3v) is 16.5. The summed E-state index contributed by atoms with van der Waals surface area (Å²) in [7, 11) is -0.502. The number of carbonyl (C=O) groups is 1. The number of hydrogen-bond acceptors (Lipinski definition) is 7. The van der Waals surface area contributed by atoms with Gasteiger partial charge in [0, 0.05) is 42.9 Å². The lowest BCUT2D eigenvalue weighted by Gasteiger charge is -2.47. The second kappa shape index (κ2) is 12.7. The summed E-state index contributed by atoms with van der Waals surface area (Å²) in [6.45, 7) is 14.7. The minimum atomic E-state index is -2.05. The van der Waals surface area contributed by atoms with E-state index in [0.29, 0.717) is 58.7 Å². The fraction of sp³-hybridized carbons (Fsp3) is 0.444. The van der Waals surface area contributed by atoms with E-state index in [0.717, 1.165) is 16.3 Å². The number of halogens is 1. The molecule has 9 nitrogen and oxygen atoms in total. The van der Waals surface area contributed by atoms with E-state index in [1.54, 1.807) is 19.4 Å². The van der Waals surface area contributed by atoms with Gasteiger partial charge < -0.3 is 24.4 Å². The molecule has 11 heteroatoms. The van der Waals surface area contributed by atoms with Crippen LogP contribution in [0.4, 0.5) is 15.0 Å². The number of rotatable bonds is 8. The van der Waals surface area contributed by atoms with Gasteiger partial charge in [-0.05, 0) is 46.6 Å². The van der Waals surface area contributed by atoms with Gasteiger partial charge in [0.15, 0.2) is 12.6 Å². The van der Waals surface area contributed by atoms with Gasteiger partial charge in [0.25, 0.3) is 0 Å². The van der Waals surface area contributed by atoms with Crippen LogP contribution in [0.25, 0.3) is 32.9 Å².